The summed E-state index contributed by atoms with van der Waals surface area (Å²) in [6.07, 6.45) is -0.261. The molecule has 108 valence electrons. The third-order valence-electron chi connectivity index (χ3n) is 2.03. The average molecular weight is 281 g/mol. The molecule has 8 nitrogen and oxygen atoms in total. The fourth-order valence-corrected chi connectivity index (χ4v) is 1.33. The molecule has 0 aliphatic carbocycles. The number of hydrogen-bond acceptors (Lipinski definition) is 6. The molecule has 0 aliphatic heterocycles. The Labute approximate surface area is 115 Å². The topological polar surface area (TPSA) is 111 Å². The van der Waals surface area contributed by atoms with Crippen LogP contribution in [0.25, 0.3) is 0 Å². The predicted octanol–water partition coefficient (Wildman–Crippen LogP) is 1.83. The monoisotopic (exact) mass is 281 g/mol. The van der Waals surface area contributed by atoms with Gasteiger partial charge in [0.25, 0.3) is 5.69 Å². The number of nitrogens with one attached hydrogen (secondary N) is 1. The van der Waals surface area contributed by atoms with E-state index in [2.05, 4.69) is 10.3 Å². The van der Waals surface area contributed by atoms with Crippen LogP contribution >= 0.6 is 0 Å². The van der Waals surface area contributed by atoms with E-state index in [0.717, 1.165) is 6.07 Å². The average Bonchev–Trinajstić information content (AvgIpc) is 2.33. The third kappa shape index (κ3) is 5.01. The molecule has 0 spiro atoms. The minimum atomic E-state index is -0.668. The van der Waals surface area contributed by atoms with Crippen LogP contribution in [0, 0.1) is 10.1 Å². The standard InChI is InChI=1S/C12H15N3O5/c1-12(2,3)20-11(17)13-6-8-4-10(15(18)19)5-9(7-16)14-8/h4-5,7H,6H2,1-3H3,(H,13,17). The Bertz CT molecular complexity index is 536. The summed E-state index contributed by atoms with van der Waals surface area (Å²) in [6.45, 7) is 5.06. The second-order valence-electron chi connectivity index (χ2n) is 4.97. The number of alkyl carbamates (subject to hydrolysis) is 1. The number of pyridine rings is 1. The molecule has 0 saturated heterocycles. The van der Waals surface area contributed by atoms with Crippen molar-refractivity contribution in [1.82, 2.24) is 10.3 Å². The molecule has 0 unspecified atom stereocenters. The maximum Gasteiger partial charge on any atom is 0.407 e. The van der Waals surface area contributed by atoms with E-state index in [0.29, 0.717) is 6.29 Å². The van der Waals surface area contributed by atoms with Crippen LogP contribution < -0.4 is 5.32 Å². The lowest BCUT2D eigenvalue weighted by molar-refractivity contribution is -0.385. The summed E-state index contributed by atoms with van der Waals surface area (Å²) in [4.78, 5) is 36.0. The first-order chi connectivity index (χ1) is 9.21. The number of nitro groups is 1. The Morgan fingerprint density at radius 3 is 2.65 bits per heavy atom. The lowest BCUT2D eigenvalue weighted by Crippen LogP contribution is -2.32. The Morgan fingerprint density at radius 2 is 2.15 bits per heavy atom. The summed E-state index contributed by atoms with van der Waals surface area (Å²) in [5.41, 5.74) is -0.774. The third-order valence-corrected chi connectivity index (χ3v) is 2.03. The number of carbonyl (C=O) groups is 2. The second kappa shape index (κ2) is 6.09. The summed E-state index contributed by atoms with van der Waals surface area (Å²) in [6, 6.07) is 2.24. The highest BCUT2D eigenvalue weighted by Crippen LogP contribution is 2.13. The van der Waals surface area contributed by atoms with E-state index in [-0.39, 0.29) is 23.6 Å². The van der Waals surface area contributed by atoms with Gasteiger partial charge >= 0.3 is 6.09 Å². The molecular weight excluding hydrogens is 266 g/mol. The highest BCUT2D eigenvalue weighted by Gasteiger charge is 2.17. The SMILES string of the molecule is CC(C)(C)OC(=O)NCc1cc([N+](=O)[O-])cc(C=O)n1. The summed E-state index contributed by atoms with van der Waals surface area (Å²) >= 11 is 0. The number of amides is 1. The Morgan fingerprint density at radius 1 is 1.50 bits per heavy atom. The summed E-state index contributed by atoms with van der Waals surface area (Å²) < 4.78 is 5.01. The zero-order valence-corrected chi connectivity index (χ0v) is 11.4. The van der Waals surface area contributed by atoms with Crippen molar-refractivity contribution in [3.05, 3.63) is 33.6 Å². The molecule has 1 aromatic heterocycles. The van der Waals surface area contributed by atoms with Gasteiger partial charge in [0.1, 0.15) is 11.3 Å². The summed E-state index contributed by atoms with van der Waals surface area (Å²) in [7, 11) is 0. The highest BCUT2D eigenvalue weighted by atomic mass is 16.6. The van der Waals surface area contributed by atoms with Crippen LogP contribution in [0.4, 0.5) is 10.5 Å². The fraction of sp³-hybridized carbons (Fsp3) is 0.417. The lowest BCUT2D eigenvalue weighted by Gasteiger charge is -2.19. The number of carbonyl (C=O) groups excluding carboxylic acids is 2. The van der Waals surface area contributed by atoms with Gasteiger partial charge in [-0.2, -0.15) is 0 Å². The molecule has 0 saturated carbocycles. The first-order valence-electron chi connectivity index (χ1n) is 5.78. The molecule has 8 heteroatoms. The van der Waals surface area contributed by atoms with Gasteiger partial charge in [-0.25, -0.2) is 9.78 Å². The number of rotatable bonds is 4. The number of aromatic nitrogens is 1. The van der Waals surface area contributed by atoms with Crippen LogP contribution in [0.15, 0.2) is 12.1 Å². The molecule has 0 aromatic carbocycles. The van der Waals surface area contributed by atoms with E-state index < -0.39 is 16.6 Å². The van der Waals surface area contributed by atoms with E-state index >= 15 is 0 Å². The van der Waals surface area contributed by atoms with Gasteiger partial charge in [0.15, 0.2) is 6.29 Å². The molecule has 0 bridgehead atoms. The zero-order valence-electron chi connectivity index (χ0n) is 11.4. The molecule has 1 aromatic rings. The molecule has 0 radical (unpaired) electrons. The molecule has 1 amide bonds. The van der Waals surface area contributed by atoms with Gasteiger partial charge in [-0.05, 0) is 20.8 Å². The number of aldehydes is 1. The molecule has 1 N–H and O–H groups in total. The van der Waals surface area contributed by atoms with E-state index in [1.54, 1.807) is 20.8 Å². The normalized spacial score (nSPS) is 10.8. The maximum atomic E-state index is 11.4. The van der Waals surface area contributed by atoms with Crippen LogP contribution in [-0.4, -0.2) is 27.9 Å². The van der Waals surface area contributed by atoms with Gasteiger partial charge in [-0.1, -0.05) is 0 Å². The first kappa shape index (κ1) is 15.5. The summed E-state index contributed by atoms with van der Waals surface area (Å²) in [5.74, 6) is 0. The van der Waals surface area contributed by atoms with Crippen molar-refractivity contribution in [2.24, 2.45) is 0 Å². The van der Waals surface area contributed by atoms with Crippen molar-refractivity contribution in [3.63, 3.8) is 0 Å². The number of nitrogens with zero attached hydrogens (tertiary/aromatic N) is 2. The Balaban J connectivity index is 2.77. The van der Waals surface area contributed by atoms with Gasteiger partial charge in [-0.15, -0.1) is 0 Å². The van der Waals surface area contributed by atoms with Gasteiger partial charge in [0.05, 0.1) is 17.2 Å². The van der Waals surface area contributed by atoms with Crippen LogP contribution in [-0.2, 0) is 11.3 Å². The van der Waals surface area contributed by atoms with E-state index in [1.165, 1.54) is 6.07 Å². The van der Waals surface area contributed by atoms with Crippen molar-refractivity contribution in [2.45, 2.75) is 32.9 Å². The Kier molecular flexibility index (Phi) is 4.73. The first-order valence-corrected chi connectivity index (χ1v) is 5.78. The smallest absolute Gasteiger partial charge is 0.407 e. The minimum Gasteiger partial charge on any atom is -0.444 e. The number of ether oxygens (including phenoxy) is 1. The fourth-order valence-electron chi connectivity index (χ4n) is 1.33. The predicted molar refractivity (Wildman–Crippen MR) is 69.4 cm³/mol. The van der Waals surface area contributed by atoms with Gasteiger partial charge in [0, 0.05) is 12.1 Å². The van der Waals surface area contributed by atoms with Crippen LogP contribution in [0.3, 0.4) is 0 Å². The molecule has 0 atom stereocenters. The quantitative estimate of drug-likeness (QED) is 0.512. The van der Waals surface area contributed by atoms with E-state index in [1.807, 2.05) is 0 Å². The molecule has 1 heterocycles. The molecule has 0 aliphatic rings. The highest BCUT2D eigenvalue weighted by molar-refractivity contribution is 5.73. The molecular formula is C12H15N3O5. The summed E-state index contributed by atoms with van der Waals surface area (Å²) in [5, 5.41) is 13.1. The van der Waals surface area contributed by atoms with Crippen molar-refractivity contribution >= 4 is 18.1 Å². The maximum absolute atomic E-state index is 11.4. The number of hydrogen-bond donors (Lipinski definition) is 1. The van der Waals surface area contributed by atoms with Crippen LogP contribution in [0.5, 0.6) is 0 Å². The van der Waals surface area contributed by atoms with Crippen molar-refractivity contribution in [1.29, 1.82) is 0 Å². The zero-order chi connectivity index (χ0) is 15.3. The largest absolute Gasteiger partial charge is 0.444 e. The van der Waals surface area contributed by atoms with Crippen molar-refractivity contribution in [3.8, 4) is 0 Å². The van der Waals surface area contributed by atoms with Crippen LogP contribution in [0.1, 0.15) is 37.0 Å². The van der Waals surface area contributed by atoms with Crippen molar-refractivity contribution in [2.75, 3.05) is 0 Å². The minimum absolute atomic E-state index is 0.0693. The van der Waals surface area contributed by atoms with Gasteiger partial charge in [0.2, 0.25) is 0 Å². The van der Waals surface area contributed by atoms with Gasteiger partial charge < -0.3 is 10.1 Å². The van der Waals surface area contributed by atoms with E-state index in [4.69, 9.17) is 4.74 Å². The van der Waals surface area contributed by atoms with Crippen molar-refractivity contribution < 1.29 is 19.2 Å². The lowest BCUT2D eigenvalue weighted by atomic mass is 10.2. The second-order valence-corrected chi connectivity index (χ2v) is 4.97. The molecule has 1 rings (SSSR count). The molecule has 20 heavy (non-hydrogen) atoms. The Hall–Kier alpha value is -2.51. The van der Waals surface area contributed by atoms with Gasteiger partial charge in [-0.3, -0.25) is 14.9 Å². The molecule has 0 fully saturated rings. The van der Waals surface area contributed by atoms with E-state index in [9.17, 15) is 19.7 Å². The van der Waals surface area contributed by atoms with Crippen LogP contribution in [0.2, 0.25) is 0 Å².